The molecule has 0 fully saturated rings. The van der Waals surface area contributed by atoms with Crippen LogP contribution in [-0.4, -0.2) is 6.54 Å². The molecule has 0 heterocycles. The Bertz CT molecular complexity index is 596. The second-order valence-electron chi connectivity index (χ2n) is 4.87. The Morgan fingerprint density at radius 1 is 1.10 bits per heavy atom. The molecule has 0 bridgehead atoms. The smallest absolute Gasteiger partial charge is 0.0462 e. The first-order valence-electron chi connectivity index (χ1n) is 6.85. The van der Waals surface area contributed by atoms with Crippen molar-refractivity contribution in [3.05, 3.63) is 58.1 Å². The lowest BCUT2D eigenvalue weighted by Gasteiger charge is -2.13. The second-order valence-corrected chi connectivity index (χ2v) is 6.36. The summed E-state index contributed by atoms with van der Waals surface area (Å²) in [6, 6.07) is 12.7. The van der Waals surface area contributed by atoms with Crippen LogP contribution < -0.4 is 5.32 Å². The first kappa shape index (κ1) is 15.4. The Hall–Kier alpha value is -0.960. The monoisotopic (exact) mass is 305 g/mol. The first-order chi connectivity index (χ1) is 9.61. The number of hydrogen-bond acceptors (Lipinski definition) is 2. The van der Waals surface area contributed by atoms with E-state index in [0.717, 1.165) is 18.1 Å². The van der Waals surface area contributed by atoms with E-state index < -0.39 is 0 Å². The van der Waals surface area contributed by atoms with Gasteiger partial charge in [0.15, 0.2) is 0 Å². The van der Waals surface area contributed by atoms with Crippen molar-refractivity contribution in [2.24, 2.45) is 0 Å². The van der Waals surface area contributed by atoms with Gasteiger partial charge < -0.3 is 5.32 Å². The second kappa shape index (κ2) is 7.16. The van der Waals surface area contributed by atoms with Crippen LogP contribution >= 0.6 is 23.4 Å². The van der Waals surface area contributed by atoms with E-state index in [2.05, 4.69) is 50.4 Å². The van der Waals surface area contributed by atoms with E-state index in [1.54, 1.807) is 11.8 Å². The molecular formula is C17H20ClNS. The summed E-state index contributed by atoms with van der Waals surface area (Å²) in [5.41, 5.74) is 3.77. The van der Waals surface area contributed by atoms with Crippen molar-refractivity contribution in [2.75, 3.05) is 6.54 Å². The highest BCUT2D eigenvalue weighted by molar-refractivity contribution is 7.99. The fourth-order valence-electron chi connectivity index (χ4n) is 1.99. The largest absolute Gasteiger partial charge is 0.313 e. The predicted molar refractivity (Wildman–Crippen MR) is 88.9 cm³/mol. The van der Waals surface area contributed by atoms with Crippen molar-refractivity contribution in [2.45, 2.75) is 37.1 Å². The molecule has 0 unspecified atom stereocenters. The molecule has 0 amide bonds. The minimum atomic E-state index is 0.809. The van der Waals surface area contributed by atoms with E-state index in [4.69, 9.17) is 11.6 Å². The van der Waals surface area contributed by atoms with E-state index in [1.807, 2.05) is 12.1 Å². The summed E-state index contributed by atoms with van der Waals surface area (Å²) in [6.07, 6.45) is 0. The van der Waals surface area contributed by atoms with Gasteiger partial charge in [0, 0.05) is 21.4 Å². The lowest BCUT2D eigenvalue weighted by molar-refractivity contribution is 0.718. The van der Waals surface area contributed by atoms with Crippen molar-refractivity contribution in [3.63, 3.8) is 0 Å². The summed E-state index contributed by atoms with van der Waals surface area (Å²) in [6.45, 7) is 8.13. The van der Waals surface area contributed by atoms with Crippen LogP contribution in [-0.2, 0) is 6.54 Å². The number of rotatable bonds is 5. The van der Waals surface area contributed by atoms with Crippen molar-refractivity contribution < 1.29 is 0 Å². The molecule has 0 aromatic heterocycles. The van der Waals surface area contributed by atoms with Gasteiger partial charge in [-0.2, -0.15) is 0 Å². The average molecular weight is 306 g/mol. The average Bonchev–Trinajstić information content (AvgIpc) is 2.42. The Balaban J connectivity index is 2.33. The van der Waals surface area contributed by atoms with E-state index in [9.17, 15) is 0 Å². The molecule has 0 aliphatic carbocycles. The summed E-state index contributed by atoms with van der Waals surface area (Å²) in [4.78, 5) is 2.53. The SMILES string of the molecule is CCNCc1c(Cl)cccc1Sc1cc(C)ccc1C. The third kappa shape index (κ3) is 3.78. The van der Waals surface area contributed by atoms with E-state index in [1.165, 1.54) is 26.5 Å². The quantitative estimate of drug-likeness (QED) is 0.813. The third-order valence-electron chi connectivity index (χ3n) is 3.19. The van der Waals surface area contributed by atoms with E-state index in [0.29, 0.717) is 0 Å². The van der Waals surface area contributed by atoms with Crippen molar-refractivity contribution in [1.29, 1.82) is 0 Å². The number of halogens is 1. The van der Waals surface area contributed by atoms with Gasteiger partial charge in [-0.1, -0.05) is 48.5 Å². The zero-order valence-electron chi connectivity index (χ0n) is 12.2. The van der Waals surface area contributed by atoms with E-state index in [-0.39, 0.29) is 0 Å². The summed E-state index contributed by atoms with van der Waals surface area (Å²) in [5.74, 6) is 0. The van der Waals surface area contributed by atoms with Crippen molar-refractivity contribution in [3.8, 4) is 0 Å². The first-order valence-corrected chi connectivity index (χ1v) is 8.04. The summed E-state index contributed by atoms with van der Waals surface area (Å²) < 4.78 is 0. The molecule has 0 atom stereocenters. The highest BCUT2D eigenvalue weighted by Crippen LogP contribution is 2.35. The maximum Gasteiger partial charge on any atom is 0.0462 e. The van der Waals surface area contributed by atoms with Gasteiger partial charge in [-0.05, 0) is 55.3 Å². The number of aryl methyl sites for hydroxylation is 2. The highest BCUT2D eigenvalue weighted by atomic mass is 35.5. The molecule has 1 N–H and O–H groups in total. The molecule has 3 heteroatoms. The minimum absolute atomic E-state index is 0.809. The number of nitrogens with one attached hydrogen (secondary N) is 1. The van der Waals surface area contributed by atoms with Crippen LogP contribution in [0, 0.1) is 13.8 Å². The molecule has 1 nitrogen and oxygen atoms in total. The summed E-state index contributed by atoms with van der Waals surface area (Å²) >= 11 is 8.14. The lowest BCUT2D eigenvalue weighted by atomic mass is 10.2. The van der Waals surface area contributed by atoms with Crippen LogP contribution in [0.15, 0.2) is 46.2 Å². The molecule has 106 valence electrons. The molecule has 2 aromatic carbocycles. The fraction of sp³-hybridized carbons (Fsp3) is 0.294. The minimum Gasteiger partial charge on any atom is -0.313 e. The van der Waals surface area contributed by atoms with Crippen LogP contribution in [0.5, 0.6) is 0 Å². The Morgan fingerprint density at radius 3 is 2.65 bits per heavy atom. The molecule has 0 saturated heterocycles. The van der Waals surface area contributed by atoms with Gasteiger partial charge in [-0.3, -0.25) is 0 Å². The maximum atomic E-state index is 6.35. The lowest BCUT2D eigenvalue weighted by Crippen LogP contribution is -2.12. The van der Waals surface area contributed by atoms with Crippen molar-refractivity contribution >= 4 is 23.4 Å². The van der Waals surface area contributed by atoms with Gasteiger partial charge >= 0.3 is 0 Å². The summed E-state index contributed by atoms with van der Waals surface area (Å²) in [7, 11) is 0. The molecule has 0 radical (unpaired) electrons. The Kier molecular flexibility index (Phi) is 5.53. The summed E-state index contributed by atoms with van der Waals surface area (Å²) in [5, 5.41) is 4.19. The van der Waals surface area contributed by atoms with Crippen LogP contribution in [0.3, 0.4) is 0 Å². The van der Waals surface area contributed by atoms with Gasteiger partial charge in [0.05, 0.1) is 0 Å². The molecular weight excluding hydrogens is 286 g/mol. The topological polar surface area (TPSA) is 12.0 Å². The fourth-order valence-corrected chi connectivity index (χ4v) is 3.45. The van der Waals surface area contributed by atoms with E-state index >= 15 is 0 Å². The standard InChI is InChI=1S/C17H20ClNS/c1-4-19-11-14-15(18)6-5-7-16(14)20-17-10-12(2)8-9-13(17)3/h5-10,19H,4,11H2,1-3H3. The Labute approximate surface area is 130 Å². The molecule has 2 aromatic rings. The molecule has 2 rings (SSSR count). The zero-order chi connectivity index (χ0) is 14.5. The van der Waals surface area contributed by atoms with Crippen LogP contribution in [0.25, 0.3) is 0 Å². The highest BCUT2D eigenvalue weighted by Gasteiger charge is 2.09. The predicted octanol–water partition coefficient (Wildman–Crippen LogP) is 5.22. The van der Waals surface area contributed by atoms with Crippen LogP contribution in [0.1, 0.15) is 23.6 Å². The van der Waals surface area contributed by atoms with Gasteiger partial charge in [-0.15, -0.1) is 0 Å². The van der Waals surface area contributed by atoms with Gasteiger partial charge in [0.1, 0.15) is 0 Å². The van der Waals surface area contributed by atoms with Gasteiger partial charge in [0.25, 0.3) is 0 Å². The van der Waals surface area contributed by atoms with Gasteiger partial charge in [0.2, 0.25) is 0 Å². The van der Waals surface area contributed by atoms with Gasteiger partial charge in [-0.25, -0.2) is 0 Å². The molecule has 0 aliphatic heterocycles. The zero-order valence-corrected chi connectivity index (χ0v) is 13.7. The number of hydrogen-bond donors (Lipinski definition) is 1. The third-order valence-corrected chi connectivity index (χ3v) is 4.81. The molecule has 0 saturated carbocycles. The normalized spacial score (nSPS) is 10.8. The number of benzene rings is 2. The molecule has 0 spiro atoms. The molecule has 20 heavy (non-hydrogen) atoms. The van der Waals surface area contributed by atoms with Crippen LogP contribution in [0.2, 0.25) is 5.02 Å². The van der Waals surface area contributed by atoms with Crippen molar-refractivity contribution in [1.82, 2.24) is 5.32 Å². The molecule has 0 aliphatic rings. The maximum absolute atomic E-state index is 6.35. The Morgan fingerprint density at radius 2 is 1.90 bits per heavy atom. The van der Waals surface area contributed by atoms with Crippen LogP contribution in [0.4, 0.5) is 0 Å².